The van der Waals surface area contributed by atoms with Gasteiger partial charge < -0.3 is 9.84 Å². The van der Waals surface area contributed by atoms with Gasteiger partial charge in [0.2, 0.25) is 0 Å². The van der Waals surface area contributed by atoms with E-state index in [0.29, 0.717) is 12.5 Å². The van der Waals surface area contributed by atoms with Gasteiger partial charge in [0, 0.05) is 6.61 Å². The molecule has 1 fully saturated rings. The van der Waals surface area contributed by atoms with Gasteiger partial charge in [-0.25, -0.2) is 0 Å². The molecule has 1 aromatic rings. The van der Waals surface area contributed by atoms with Gasteiger partial charge in [0.25, 0.3) is 0 Å². The highest BCUT2D eigenvalue weighted by atomic mass is 16.5. The Bertz CT molecular complexity index is 451. The van der Waals surface area contributed by atoms with Crippen LogP contribution in [0.5, 0.6) is 0 Å². The van der Waals surface area contributed by atoms with Crippen LogP contribution in [0.4, 0.5) is 0 Å². The minimum Gasteiger partial charge on any atom is -0.385 e. The number of aryl methyl sites for hydroxylation is 2. The van der Waals surface area contributed by atoms with Crippen LogP contribution in [0, 0.1) is 19.8 Å². The van der Waals surface area contributed by atoms with Gasteiger partial charge in [0.15, 0.2) is 0 Å². The number of hydrogen-bond donors (Lipinski definition) is 1. The fourth-order valence-electron chi connectivity index (χ4n) is 3.71. The quantitative estimate of drug-likeness (QED) is 0.887. The first-order valence-electron chi connectivity index (χ1n) is 7.87. The van der Waals surface area contributed by atoms with Crippen LogP contribution in [0.2, 0.25) is 0 Å². The maximum atomic E-state index is 11.0. The van der Waals surface area contributed by atoms with E-state index in [1.807, 2.05) is 6.92 Å². The van der Waals surface area contributed by atoms with Gasteiger partial charge in [0.1, 0.15) is 6.10 Å². The minimum absolute atomic E-state index is 0.396. The lowest BCUT2D eigenvalue weighted by Gasteiger charge is -2.43. The highest BCUT2D eigenvalue weighted by molar-refractivity contribution is 5.33. The van der Waals surface area contributed by atoms with Crippen molar-refractivity contribution in [2.75, 3.05) is 6.61 Å². The van der Waals surface area contributed by atoms with Crippen LogP contribution in [-0.4, -0.2) is 17.3 Å². The predicted molar refractivity (Wildman–Crippen MR) is 82.9 cm³/mol. The van der Waals surface area contributed by atoms with E-state index < -0.39 is 11.7 Å². The molecule has 2 rings (SSSR count). The van der Waals surface area contributed by atoms with Crippen molar-refractivity contribution in [3.63, 3.8) is 0 Å². The van der Waals surface area contributed by atoms with Crippen molar-refractivity contribution in [1.82, 2.24) is 0 Å². The lowest BCUT2D eigenvalue weighted by Crippen LogP contribution is -2.43. The van der Waals surface area contributed by atoms with E-state index in [1.165, 1.54) is 12.0 Å². The fourth-order valence-corrected chi connectivity index (χ4v) is 3.71. The molecule has 2 heteroatoms. The van der Waals surface area contributed by atoms with Gasteiger partial charge in [0.05, 0.1) is 5.60 Å². The third kappa shape index (κ3) is 3.07. The van der Waals surface area contributed by atoms with Crippen molar-refractivity contribution >= 4 is 0 Å². The Hall–Kier alpha value is -0.860. The van der Waals surface area contributed by atoms with E-state index in [1.54, 1.807) is 0 Å². The molecule has 20 heavy (non-hydrogen) atoms. The molecule has 0 amide bonds. The zero-order valence-corrected chi connectivity index (χ0v) is 13.3. The summed E-state index contributed by atoms with van der Waals surface area (Å²) in [4.78, 5) is 0. The van der Waals surface area contributed by atoms with Crippen LogP contribution in [-0.2, 0) is 4.74 Å². The van der Waals surface area contributed by atoms with Gasteiger partial charge in [-0.2, -0.15) is 0 Å². The molecule has 1 aliphatic carbocycles. The number of ether oxygens (including phenoxy) is 1. The summed E-state index contributed by atoms with van der Waals surface area (Å²) in [6.07, 6.45) is 3.78. The van der Waals surface area contributed by atoms with Crippen molar-refractivity contribution in [3.8, 4) is 0 Å². The number of rotatable bonds is 4. The zero-order chi connectivity index (χ0) is 14.8. The van der Waals surface area contributed by atoms with Crippen LogP contribution >= 0.6 is 0 Å². The number of hydrogen-bond acceptors (Lipinski definition) is 2. The first-order valence-corrected chi connectivity index (χ1v) is 7.87. The molecular weight excluding hydrogens is 248 g/mol. The Labute approximate surface area is 123 Å². The van der Waals surface area contributed by atoms with Crippen LogP contribution in [0.25, 0.3) is 0 Å². The van der Waals surface area contributed by atoms with Crippen LogP contribution in [0.1, 0.15) is 62.3 Å². The highest BCUT2D eigenvalue weighted by Crippen LogP contribution is 2.44. The van der Waals surface area contributed by atoms with E-state index in [9.17, 15) is 5.11 Å². The molecule has 0 heterocycles. The van der Waals surface area contributed by atoms with E-state index in [0.717, 1.165) is 30.4 Å². The summed E-state index contributed by atoms with van der Waals surface area (Å²) in [7, 11) is 0. The molecular formula is C18H28O2. The average molecular weight is 276 g/mol. The molecule has 1 aliphatic rings. The largest absolute Gasteiger partial charge is 0.385 e. The lowest BCUT2D eigenvalue weighted by atomic mass is 9.73. The van der Waals surface area contributed by atoms with E-state index in [4.69, 9.17) is 4.74 Å². The Kier molecular flexibility index (Phi) is 4.87. The summed E-state index contributed by atoms with van der Waals surface area (Å²) in [6.45, 7) is 9.12. The first-order chi connectivity index (χ1) is 9.48. The zero-order valence-electron chi connectivity index (χ0n) is 13.3. The third-order valence-corrected chi connectivity index (χ3v) is 4.64. The van der Waals surface area contributed by atoms with Crippen LogP contribution in [0.3, 0.4) is 0 Å². The molecule has 1 N–H and O–H groups in total. The summed E-state index contributed by atoms with van der Waals surface area (Å²) >= 11 is 0. The van der Waals surface area contributed by atoms with Crippen molar-refractivity contribution in [2.45, 2.75) is 65.1 Å². The second-order valence-corrected chi connectivity index (χ2v) is 6.46. The van der Waals surface area contributed by atoms with E-state index in [2.05, 4.69) is 39.0 Å². The van der Waals surface area contributed by atoms with E-state index in [-0.39, 0.29) is 0 Å². The van der Waals surface area contributed by atoms with Gasteiger partial charge in [-0.15, -0.1) is 0 Å². The topological polar surface area (TPSA) is 29.5 Å². The summed E-state index contributed by atoms with van der Waals surface area (Å²) in [5.74, 6) is 0.621. The van der Waals surface area contributed by atoms with Crippen molar-refractivity contribution in [3.05, 3.63) is 34.9 Å². The van der Waals surface area contributed by atoms with E-state index >= 15 is 0 Å². The molecule has 1 aromatic carbocycles. The van der Waals surface area contributed by atoms with Crippen molar-refractivity contribution < 1.29 is 9.84 Å². The molecule has 0 aliphatic heterocycles. The third-order valence-electron chi connectivity index (χ3n) is 4.64. The molecule has 3 unspecified atom stereocenters. The van der Waals surface area contributed by atoms with Crippen molar-refractivity contribution in [1.29, 1.82) is 0 Å². The SMILES string of the molecule is CCOC1(C(O)c2ccc(C)cc2C)CCCC(C)C1. The number of benzene rings is 1. The minimum atomic E-state index is -0.522. The maximum absolute atomic E-state index is 11.0. The Morgan fingerprint density at radius 2 is 2.15 bits per heavy atom. The van der Waals surface area contributed by atoms with Gasteiger partial charge in [-0.05, 0) is 50.7 Å². The van der Waals surface area contributed by atoms with Gasteiger partial charge in [-0.3, -0.25) is 0 Å². The molecule has 0 radical (unpaired) electrons. The maximum Gasteiger partial charge on any atom is 0.108 e. The number of aliphatic hydroxyl groups is 1. The molecule has 0 saturated heterocycles. The lowest BCUT2D eigenvalue weighted by molar-refractivity contribution is -0.150. The van der Waals surface area contributed by atoms with Crippen LogP contribution in [0.15, 0.2) is 18.2 Å². The number of aliphatic hydroxyl groups excluding tert-OH is 1. The normalized spacial score (nSPS) is 28.4. The Morgan fingerprint density at radius 1 is 1.40 bits per heavy atom. The molecule has 0 bridgehead atoms. The standard InChI is InChI=1S/C18H28O2/c1-5-20-18(10-6-7-14(3)12-18)17(19)16-9-8-13(2)11-15(16)4/h8-9,11,14,17,19H,5-7,10,12H2,1-4H3. The van der Waals surface area contributed by atoms with Gasteiger partial charge in [-0.1, -0.05) is 43.5 Å². The Balaban J connectivity index is 2.32. The summed E-state index contributed by atoms with van der Waals surface area (Å²) in [5.41, 5.74) is 3.03. The Morgan fingerprint density at radius 3 is 2.75 bits per heavy atom. The monoisotopic (exact) mass is 276 g/mol. The first kappa shape index (κ1) is 15.5. The van der Waals surface area contributed by atoms with Crippen molar-refractivity contribution in [2.24, 2.45) is 5.92 Å². The fraction of sp³-hybridized carbons (Fsp3) is 0.667. The molecule has 0 aromatic heterocycles. The molecule has 2 nitrogen and oxygen atoms in total. The summed E-state index contributed by atoms with van der Waals surface area (Å²) < 4.78 is 6.09. The summed E-state index contributed by atoms with van der Waals surface area (Å²) in [6, 6.07) is 6.29. The average Bonchev–Trinajstić information content (AvgIpc) is 2.38. The molecule has 112 valence electrons. The predicted octanol–water partition coefficient (Wildman–Crippen LogP) is 4.32. The molecule has 1 saturated carbocycles. The highest BCUT2D eigenvalue weighted by Gasteiger charge is 2.43. The summed E-state index contributed by atoms with van der Waals surface area (Å²) in [5, 5.41) is 11.0. The molecule has 3 atom stereocenters. The van der Waals surface area contributed by atoms with Crippen LogP contribution < -0.4 is 0 Å². The second-order valence-electron chi connectivity index (χ2n) is 6.46. The molecule has 0 spiro atoms. The van der Waals surface area contributed by atoms with Gasteiger partial charge >= 0.3 is 0 Å². The smallest absolute Gasteiger partial charge is 0.108 e. The second kappa shape index (κ2) is 6.28.